The Morgan fingerprint density at radius 3 is 2.29 bits per heavy atom. The van der Waals surface area contributed by atoms with Crippen molar-refractivity contribution in [3.63, 3.8) is 0 Å². The first-order valence-electron chi connectivity index (χ1n) is 13.1. The third-order valence-corrected chi connectivity index (χ3v) is 7.18. The minimum Gasteiger partial charge on any atom is -0.477 e. The fourth-order valence-corrected chi connectivity index (χ4v) is 5.14. The average Bonchev–Trinajstić information content (AvgIpc) is 2.99. The number of nitrogens with one attached hydrogen (secondary N) is 1. The van der Waals surface area contributed by atoms with Gasteiger partial charge >= 0.3 is 11.9 Å². The molecule has 0 bridgehead atoms. The minimum absolute atomic E-state index is 0.0181. The number of carbonyl (C=O) groups excluding carboxylic acids is 2. The highest BCUT2D eigenvalue weighted by atomic mass is 79.9. The minimum atomic E-state index is -1.23. The number of hydrogen-bond donors (Lipinski definition) is 2. The number of nitrogens with zero attached hydrogens (tertiary/aromatic N) is 1. The molecule has 0 radical (unpaired) electrons. The maximum Gasteiger partial charge on any atom is 0.353 e. The molecule has 5 aromatic rings. The fourth-order valence-electron chi connectivity index (χ4n) is 4.78. The van der Waals surface area contributed by atoms with Gasteiger partial charge in [-0.3, -0.25) is 14.2 Å². The number of esters is 1. The number of rotatable bonds is 8. The van der Waals surface area contributed by atoms with E-state index in [1.807, 2.05) is 30.3 Å². The molecule has 1 amide bonds. The summed E-state index contributed by atoms with van der Waals surface area (Å²) in [5.41, 5.74) is 2.30. The second kappa shape index (κ2) is 12.2. The summed E-state index contributed by atoms with van der Waals surface area (Å²) in [6.45, 7) is 1.94. The summed E-state index contributed by atoms with van der Waals surface area (Å²) in [5.74, 6) is -2.10. The van der Waals surface area contributed by atoms with Gasteiger partial charge in [0, 0.05) is 26.7 Å². The summed E-state index contributed by atoms with van der Waals surface area (Å²) in [4.78, 5) is 51.2. The molecule has 42 heavy (non-hydrogen) atoms. The Labute approximate surface area is 249 Å². The molecule has 1 aromatic heterocycles. The summed E-state index contributed by atoms with van der Waals surface area (Å²) in [5, 5.41) is 14.0. The molecule has 0 atom stereocenters. The number of aromatic nitrogens is 1. The van der Waals surface area contributed by atoms with E-state index in [1.165, 1.54) is 10.6 Å². The summed E-state index contributed by atoms with van der Waals surface area (Å²) in [7, 11) is 0. The van der Waals surface area contributed by atoms with Crippen LogP contribution in [0.5, 0.6) is 0 Å². The van der Waals surface area contributed by atoms with E-state index in [9.17, 15) is 24.3 Å². The first kappa shape index (κ1) is 28.5. The molecule has 4 aromatic carbocycles. The topological polar surface area (TPSA) is 115 Å². The lowest BCUT2D eigenvalue weighted by atomic mass is 9.96. The lowest BCUT2D eigenvalue weighted by Gasteiger charge is -2.18. The van der Waals surface area contributed by atoms with E-state index in [-0.39, 0.29) is 18.8 Å². The van der Waals surface area contributed by atoms with Crippen molar-refractivity contribution >= 4 is 50.2 Å². The Balaban J connectivity index is 1.48. The molecule has 0 fully saturated rings. The molecule has 1 heterocycles. The molecule has 2 N–H and O–H groups in total. The number of pyridine rings is 1. The van der Waals surface area contributed by atoms with Crippen LogP contribution in [0.15, 0.2) is 106 Å². The first-order chi connectivity index (χ1) is 20.3. The zero-order chi connectivity index (χ0) is 29.8. The van der Waals surface area contributed by atoms with Crippen LogP contribution in [0.2, 0.25) is 0 Å². The number of carboxylic acids is 1. The van der Waals surface area contributed by atoms with Gasteiger partial charge < -0.3 is 15.2 Å². The van der Waals surface area contributed by atoms with Gasteiger partial charge in [0.05, 0.1) is 18.7 Å². The number of hydrogen-bond acceptors (Lipinski definition) is 5. The van der Waals surface area contributed by atoms with Crippen molar-refractivity contribution in [1.29, 1.82) is 0 Å². The largest absolute Gasteiger partial charge is 0.477 e. The Hall–Kier alpha value is -5.02. The third kappa shape index (κ3) is 5.87. The SMILES string of the molecule is CCOC(=O)c1cccc(NC(=O)c2ccc(Cn3c(C(=O)O)c(-c4ccccc4)c4cc(Br)ccc4c3=O)cc2)c1. The maximum atomic E-state index is 13.6. The van der Waals surface area contributed by atoms with Crippen molar-refractivity contribution in [3.05, 3.63) is 134 Å². The van der Waals surface area contributed by atoms with E-state index in [2.05, 4.69) is 21.2 Å². The van der Waals surface area contributed by atoms with Crippen molar-refractivity contribution in [2.75, 3.05) is 11.9 Å². The predicted octanol–water partition coefficient (Wildman–Crippen LogP) is 6.61. The molecular weight excluding hydrogens is 600 g/mol. The smallest absolute Gasteiger partial charge is 0.353 e. The van der Waals surface area contributed by atoms with E-state index in [0.717, 1.165) is 4.47 Å². The number of ether oxygens (including phenoxy) is 1. The van der Waals surface area contributed by atoms with Crippen LogP contribution in [0.25, 0.3) is 21.9 Å². The summed E-state index contributed by atoms with van der Waals surface area (Å²) < 4.78 is 7.00. The van der Waals surface area contributed by atoms with Crippen molar-refractivity contribution < 1.29 is 24.2 Å². The number of halogens is 1. The van der Waals surface area contributed by atoms with Gasteiger partial charge in [0.2, 0.25) is 0 Å². The quantitative estimate of drug-likeness (QED) is 0.188. The van der Waals surface area contributed by atoms with E-state index in [4.69, 9.17) is 4.74 Å². The van der Waals surface area contributed by atoms with Crippen LogP contribution in [-0.2, 0) is 11.3 Å². The molecule has 210 valence electrons. The molecule has 0 saturated carbocycles. The lowest BCUT2D eigenvalue weighted by Crippen LogP contribution is -2.28. The highest BCUT2D eigenvalue weighted by molar-refractivity contribution is 9.10. The molecule has 0 spiro atoms. The Morgan fingerprint density at radius 1 is 0.857 bits per heavy atom. The maximum absolute atomic E-state index is 13.6. The number of amides is 1. The van der Waals surface area contributed by atoms with Gasteiger partial charge in [-0.2, -0.15) is 0 Å². The van der Waals surface area contributed by atoms with Crippen molar-refractivity contribution in [2.24, 2.45) is 0 Å². The first-order valence-corrected chi connectivity index (χ1v) is 13.9. The molecule has 0 aliphatic rings. The van der Waals surface area contributed by atoms with Crippen LogP contribution in [0.4, 0.5) is 5.69 Å². The Kier molecular flexibility index (Phi) is 8.31. The summed E-state index contributed by atoms with van der Waals surface area (Å²) in [6, 6.07) is 27.3. The fraction of sp³-hybridized carbons (Fsp3) is 0.0909. The standard InChI is InChI=1S/C33H25BrN2O6/c1-2-42-33(41)23-9-6-10-25(17-23)35-30(37)22-13-11-20(12-14-22)19-36-29(32(39)40)28(21-7-4-3-5-8-21)27-18-24(34)15-16-26(27)31(36)38/h3-18H,2,19H2,1H3,(H,35,37)(H,39,40). The molecule has 5 rings (SSSR count). The van der Waals surface area contributed by atoms with E-state index in [0.29, 0.717) is 44.3 Å². The summed E-state index contributed by atoms with van der Waals surface area (Å²) in [6.07, 6.45) is 0. The van der Waals surface area contributed by atoms with E-state index >= 15 is 0 Å². The van der Waals surface area contributed by atoms with Gasteiger partial charge in [-0.1, -0.05) is 64.5 Å². The van der Waals surface area contributed by atoms with Crippen LogP contribution in [0.3, 0.4) is 0 Å². The average molecular weight is 625 g/mol. The van der Waals surface area contributed by atoms with Crippen molar-refractivity contribution in [2.45, 2.75) is 13.5 Å². The molecule has 8 nitrogen and oxygen atoms in total. The molecule has 0 aliphatic carbocycles. The molecule has 0 aliphatic heterocycles. The highest BCUT2D eigenvalue weighted by Gasteiger charge is 2.23. The van der Waals surface area contributed by atoms with Gasteiger partial charge in [-0.25, -0.2) is 9.59 Å². The zero-order valence-electron chi connectivity index (χ0n) is 22.5. The van der Waals surface area contributed by atoms with Crippen LogP contribution in [-0.4, -0.2) is 34.1 Å². The second-order valence-corrected chi connectivity index (χ2v) is 10.3. The van der Waals surface area contributed by atoms with Gasteiger partial charge in [0.25, 0.3) is 11.5 Å². The molecule has 0 saturated heterocycles. The monoisotopic (exact) mass is 624 g/mol. The normalized spacial score (nSPS) is 10.8. The molecular formula is C33H25BrN2O6. The van der Waals surface area contributed by atoms with Crippen LogP contribution >= 0.6 is 15.9 Å². The molecule has 0 unspecified atom stereocenters. The lowest BCUT2D eigenvalue weighted by molar-refractivity contribution is 0.0525. The highest BCUT2D eigenvalue weighted by Crippen LogP contribution is 2.33. The second-order valence-electron chi connectivity index (χ2n) is 9.43. The van der Waals surface area contributed by atoms with E-state index < -0.39 is 23.4 Å². The van der Waals surface area contributed by atoms with E-state index in [1.54, 1.807) is 67.6 Å². The number of benzene rings is 4. The van der Waals surface area contributed by atoms with Crippen LogP contribution in [0, 0.1) is 0 Å². The van der Waals surface area contributed by atoms with Gasteiger partial charge in [0.15, 0.2) is 0 Å². The summed E-state index contributed by atoms with van der Waals surface area (Å²) >= 11 is 3.44. The number of carboxylic acid groups (broad SMARTS) is 1. The number of aromatic carboxylic acids is 1. The molecule has 9 heteroatoms. The third-order valence-electron chi connectivity index (χ3n) is 6.69. The number of fused-ring (bicyclic) bond motifs is 1. The van der Waals surface area contributed by atoms with Crippen molar-refractivity contribution in [3.8, 4) is 11.1 Å². The van der Waals surface area contributed by atoms with Crippen LogP contribution in [0.1, 0.15) is 43.7 Å². The van der Waals surface area contributed by atoms with Gasteiger partial charge in [0.1, 0.15) is 5.69 Å². The number of carbonyl (C=O) groups is 3. The van der Waals surface area contributed by atoms with Crippen molar-refractivity contribution in [1.82, 2.24) is 4.57 Å². The van der Waals surface area contributed by atoms with Crippen LogP contribution < -0.4 is 10.9 Å². The Bertz CT molecular complexity index is 1880. The van der Waals surface area contributed by atoms with Gasteiger partial charge in [-0.05, 0) is 72.0 Å². The Morgan fingerprint density at radius 2 is 1.60 bits per heavy atom. The predicted molar refractivity (Wildman–Crippen MR) is 164 cm³/mol. The zero-order valence-corrected chi connectivity index (χ0v) is 24.1. The van der Waals surface area contributed by atoms with Gasteiger partial charge in [-0.15, -0.1) is 0 Å². The number of anilines is 1.